The van der Waals surface area contributed by atoms with Gasteiger partial charge in [-0.2, -0.15) is 0 Å². The summed E-state index contributed by atoms with van der Waals surface area (Å²) in [5.41, 5.74) is 7.17. The molecule has 1 aromatic carbocycles. The standard InChI is InChI=1S/C12H12ClN3O2/c13-11-8(6-14)15-12(16-11)7-1-2-9-10(5-7)18-4-3-17-9/h1-2,5H,3-4,6,14H2,(H,15,16). The van der Waals surface area contributed by atoms with E-state index in [-0.39, 0.29) is 0 Å². The molecule has 18 heavy (non-hydrogen) atoms. The van der Waals surface area contributed by atoms with Crippen molar-refractivity contribution < 1.29 is 9.47 Å². The molecule has 94 valence electrons. The molecule has 2 heterocycles. The van der Waals surface area contributed by atoms with Gasteiger partial charge < -0.3 is 20.2 Å². The number of H-pyrrole nitrogens is 1. The van der Waals surface area contributed by atoms with Crippen molar-refractivity contribution in [3.63, 3.8) is 0 Å². The van der Waals surface area contributed by atoms with Crippen molar-refractivity contribution >= 4 is 11.6 Å². The van der Waals surface area contributed by atoms with Gasteiger partial charge in [-0.25, -0.2) is 4.98 Å². The number of nitrogens with two attached hydrogens (primary N) is 1. The van der Waals surface area contributed by atoms with Crippen molar-refractivity contribution in [2.24, 2.45) is 5.73 Å². The Bertz CT molecular complexity index is 583. The Balaban J connectivity index is 2.00. The molecule has 0 unspecified atom stereocenters. The largest absolute Gasteiger partial charge is 0.486 e. The molecule has 1 aromatic heterocycles. The molecule has 3 N–H and O–H groups in total. The van der Waals surface area contributed by atoms with E-state index in [9.17, 15) is 0 Å². The molecular formula is C12H12ClN3O2. The summed E-state index contributed by atoms with van der Waals surface area (Å²) >= 11 is 5.96. The molecule has 0 saturated carbocycles. The van der Waals surface area contributed by atoms with Crippen LogP contribution < -0.4 is 15.2 Å². The number of nitrogens with one attached hydrogen (secondary N) is 1. The summed E-state index contributed by atoms with van der Waals surface area (Å²) in [4.78, 5) is 7.32. The van der Waals surface area contributed by atoms with Gasteiger partial charge in [-0.15, -0.1) is 0 Å². The summed E-state index contributed by atoms with van der Waals surface area (Å²) in [5, 5.41) is 0.405. The van der Waals surface area contributed by atoms with E-state index in [1.54, 1.807) is 0 Å². The fourth-order valence-corrected chi connectivity index (χ4v) is 2.06. The summed E-state index contributed by atoms with van der Waals surface area (Å²) in [6, 6.07) is 5.65. The van der Waals surface area contributed by atoms with Crippen LogP contribution in [-0.4, -0.2) is 23.2 Å². The van der Waals surface area contributed by atoms with Crippen LogP contribution in [0.1, 0.15) is 5.69 Å². The van der Waals surface area contributed by atoms with Gasteiger partial charge in [-0.1, -0.05) is 11.6 Å². The summed E-state index contributed by atoms with van der Waals surface area (Å²) < 4.78 is 11.0. The lowest BCUT2D eigenvalue weighted by Gasteiger charge is -2.18. The summed E-state index contributed by atoms with van der Waals surface area (Å²) in [5.74, 6) is 2.15. The molecule has 3 rings (SSSR count). The normalized spacial score (nSPS) is 13.7. The summed E-state index contributed by atoms with van der Waals surface area (Å²) in [7, 11) is 0. The minimum absolute atomic E-state index is 0.330. The van der Waals surface area contributed by atoms with Gasteiger partial charge in [0.2, 0.25) is 0 Å². The summed E-state index contributed by atoms with van der Waals surface area (Å²) in [6.07, 6.45) is 0. The Morgan fingerprint density at radius 3 is 2.78 bits per heavy atom. The van der Waals surface area contributed by atoms with Crippen LogP contribution in [0.15, 0.2) is 18.2 Å². The quantitative estimate of drug-likeness (QED) is 0.871. The monoisotopic (exact) mass is 265 g/mol. The third-order valence-corrected chi connectivity index (χ3v) is 3.06. The molecule has 0 fully saturated rings. The number of benzene rings is 1. The first-order chi connectivity index (χ1) is 8.78. The van der Waals surface area contributed by atoms with Crippen molar-refractivity contribution in [1.29, 1.82) is 0 Å². The first-order valence-corrected chi connectivity index (χ1v) is 6.00. The molecule has 5 nitrogen and oxygen atoms in total. The third-order valence-electron chi connectivity index (χ3n) is 2.75. The Hall–Kier alpha value is -1.72. The molecular weight excluding hydrogens is 254 g/mol. The number of halogens is 1. The molecule has 0 aliphatic carbocycles. The molecule has 0 radical (unpaired) electrons. The number of imidazole rings is 1. The number of aromatic nitrogens is 2. The lowest BCUT2D eigenvalue weighted by Crippen LogP contribution is -2.15. The first-order valence-electron chi connectivity index (χ1n) is 5.62. The van der Waals surface area contributed by atoms with Gasteiger partial charge in [0.15, 0.2) is 16.7 Å². The fraction of sp³-hybridized carbons (Fsp3) is 0.250. The Kier molecular flexibility index (Phi) is 2.85. The lowest BCUT2D eigenvalue weighted by atomic mass is 10.2. The fourth-order valence-electron chi connectivity index (χ4n) is 1.85. The molecule has 6 heteroatoms. The zero-order valence-electron chi connectivity index (χ0n) is 9.57. The van der Waals surface area contributed by atoms with Crippen LogP contribution in [0.2, 0.25) is 5.15 Å². The zero-order chi connectivity index (χ0) is 12.5. The maximum Gasteiger partial charge on any atom is 0.162 e. The predicted molar refractivity (Wildman–Crippen MR) is 67.9 cm³/mol. The van der Waals surface area contributed by atoms with Crippen molar-refractivity contribution in [3.05, 3.63) is 29.0 Å². The Morgan fingerprint density at radius 2 is 2.06 bits per heavy atom. The van der Waals surface area contributed by atoms with Gasteiger partial charge in [0.1, 0.15) is 19.0 Å². The average Bonchev–Trinajstić information content (AvgIpc) is 2.79. The van der Waals surface area contributed by atoms with Gasteiger partial charge in [0, 0.05) is 12.1 Å². The number of fused-ring (bicyclic) bond motifs is 1. The van der Waals surface area contributed by atoms with Gasteiger partial charge in [-0.3, -0.25) is 0 Å². The highest BCUT2D eigenvalue weighted by molar-refractivity contribution is 6.30. The minimum Gasteiger partial charge on any atom is -0.486 e. The third kappa shape index (κ3) is 1.91. The molecule has 1 aliphatic heterocycles. The van der Waals surface area contributed by atoms with Gasteiger partial charge in [0.25, 0.3) is 0 Å². The highest BCUT2D eigenvalue weighted by Gasteiger charge is 2.14. The number of hydrogen-bond acceptors (Lipinski definition) is 4. The van der Waals surface area contributed by atoms with Crippen molar-refractivity contribution in [2.75, 3.05) is 13.2 Å². The lowest BCUT2D eigenvalue weighted by molar-refractivity contribution is 0.171. The average molecular weight is 266 g/mol. The smallest absolute Gasteiger partial charge is 0.162 e. The van der Waals surface area contributed by atoms with Crippen LogP contribution in [0.4, 0.5) is 0 Å². The number of rotatable bonds is 2. The predicted octanol–water partition coefficient (Wildman–Crippen LogP) is 1.96. The van der Waals surface area contributed by atoms with E-state index in [1.165, 1.54) is 0 Å². The Morgan fingerprint density at radius 1 is 1.28 bits per heavy atom. The van der Waals surface area contributed by atoms with Crippen molar-refractivity contribution in [1.82, 2.24) is 9.97 Å². The van der Waals surface area contributed by atoms with E-state index in [1.807, 2.05) is 18.2 Å². The van der Waals surface area contributed by atoms with E-state index in [0.29, 0.717) is 30.7 Å². The number of aromatic amines is 1. The van der Waals surface area contributed by atoms with Crippen LogP contribution in [0, 0.1) is 0 Å². The maximum absolute atomic E-state index is 5.96. The van der Waals surface area contributed by atoms with Gasteiger partial charge in [0.05, 0.1) is 5.69 Å². The highest BCUT2D eigenvalue weighted by Crippen LogP contribution is 2.34. The molecule has 0 amide bonds. The van der Waals surface area contributed by atoms with Crippen LogP contribution >= 0.6 is 11.6 Å². The van der Waals surface area contributed by atoms with Crippen LogP contribution in [-0.2, 0) is 6.54 Å². The molecule has 0 spiro atoms. The van der Waals surface area contributed by atoms with E-state index >= 15 is 0 Å². The maximum atomic E-state index is 5.96. The first kappa shape index (κ1) is 11.4. The van der Waals surface area contributed by atoms with Crippen LogP contribution in [0.5, 0.6) is 11.5 Å². The second kappa shape index (κ2) is 4.51. The number of hydrogen-bond donors (Lipinski definition) is 2. The van der Waals surface area contributed by atoms with Crippen molar-refractivity contribution in [2.45, 2.75) is 6.54 Å². The molecule has 0 atom stereocenters. The Labute approximate surface area is 109 Å². The zero-order valence-corrected chi connectivity index (χ0v) is 10.3. The number of ether oxygens (including phenoxy) is 2. The second-order valence-electron chi connectivity index (χ2n) is 3.92. The summed E-state index contributed by atoms with van der Waals surface area (Å²) in [6.45, 7) is 1.47. The van der Waals surface area contributed by atoms with E-state index in [4.69, 9.17) is 26.8 Å². The van der Waals surface area contributed by atoms with Gasteiger partial charge in [-0.05, 0) is 18.2 Å². The van der Waals surface area contributed by atoms with Crippen molar-refractivity contribution in [3.8, 4) is 22.9 Å². The molecule has 2 aromatic rings. The highest BCUT2D eigenvalue weighted by atomic mass is 35.5. The molecule has 0 bridgehead atoms. The minimum atomic E-state index is 0.330. The topological polar surface area (TPSA) is 73.2 Å². The van der Waals surface area contributed by atoms with Crippen LogP contribution in [0.25, 0.3) is 11.4 Å². The van der Waals surface area contributed by atoms with E-state index < -0.39 is 0 Å². The van der Waals surface area contributed by atoms with E-state index in [0.717, 1.165) is 22.8 Å². The van der Waals surface area contributed by atoms with Gasteiger partial charge >= 0.3 is 0 Å². The van der Waals surface area contributed by atoms with E-state index in [2.05, 4.69) is 9.97 Å². The van der Waals surface area contributed by atoms with Crippen LogP contribution in [0.3, 0.4) is 0 Å². The molecule has 1 aliphatic rings. The number of nitrogens with zero attached hydrogens (tertiary/aromatic N) is 1. The second-order valence-corrected chi connectivity index (χ2v) is 4.28. The SMILES string of the molecule is NCc1[nH]c(-c2ccc3c(c2)OCCO3)nc1Cl. The molecule has 0 saturated heterocycles.